The molecule has 2 saturated heterocycles. The number of carboxylic acids is 1. The Balaban J connectivity index is 1.95. The van der Waals surface area contributed by atoms with Crippen molar-refractivity contribution in [2.24, 2.45) is 11.3 Å². The smallest absolute Gasteiger partial charge is 0.309 e. The molecule has 0 aromatic carbocycles. The average Bonchev–Trinajstić information content (AvgIpc) is 2.78. The summed E-state index contributed by atoms with van der Waals surface area (Å²) < 4.78 is 0. The first-order valence-corrected chi connectivity index (χ1v) is 7.16. The van der Waals surface area contributed by atoms with Crippen LogP contribution in [0.3, 0.4) is 0 Å². The van der Waals surface area contributed by atoms with Gasteiger partial charge >= 0.3 is 5.97 Å². The first-order valence-electron chi connectivity index (χ1n) is 7.16. The van der Waals surface area contributed by atoms with E-state index < -0.39 is 11.4 Å². The molecule has 0 aliphatic carbocycles. The minimum absolute atomic E-state index is 0.00204. The van der Waals surface area contributed by atoms with E-state index in [1.54, 1.807) is 16.8 Å². The molecule has 2 rings (SSSR count). The highest BCUT2D eigenvalue weighted by Gasteiger charge is 2.42. The van der Waals surface area contributed by atoms with Crippen molar-refractivity contribution in [2.75, 3.05) is 26.7 Å². The molecule has 0 saturated carbocycles. The second-order valence-electron chi connectivity index (χ2n) is 5.94. The topological polar surface area (TPSA) is 77.9 Å². The normalized spacial score (nSPS) is 25.9. The van der Waals surface area contributed by atoms with Crippen LogP contribution in [0, 0.1) is 11.3 Å². The van der Waals surface area contributed by atoms with E-state index in [1.165, 1.54) is 0 Å². The van der Waals surface area contributed by atoms with Crippen molar-refractivity contribution in [3.63, 3.8) is 0 Å². The zero-order chi connectivity index (χ0) is 14.9. The lowest BCUT2D eigenvalue weighted by Gasteiger charge is -2.39. The molecule has 2 amide bonds. The van der Waals surface area contributed by atoms with Crippen molar-refractivity contribution in [2.45, 2.75) is 32.6 Å². The van der Waals surface area contributed by atoms with Gasteiger partial charge in [-0.2, -0.15) is 0 Å². The van der Waals surface area contributed by atoms with Gasteiger partial charge in [0, 0.05) is 33.1 Å². The van der Waals surface area contributed by atoms with Crippen molar-refractivity contribution in [1.29, 1.82) is 0 Å². The van der Waals surface area contributed by atoms with E-state index in [-0.39, 0.29) is 24.2 Å². The van der Waals surface area contributed by atoms with Crippen molar-refractivity contribution >= 4 is 17.8 Å². The summed E-state index contributed by atoms with van der Waals surface area (Å²) in [5, 5.41) is 9.34. The standard InChI is InChI=1S/C14H22N2O4/c1-3-14(13(19)20)4-6-16(7-5-14)12(18)10-8-11(17)15(2)9-10/h10H,3-9H2,1-2H3,(H,19,20). The van der Waals surface area contributed by atoms with Crippen molar-refractivity contribution < 1.29 is 19.5 Å². The van der Waals surface area contributed by atoms with Crippen molar-refractivity contribution in [1.82, 2.24) is 9.80 Å². The summed E-state index contributed by atoms with van der Waals surface area (Å²) in [6.07, 6.45) is 1.88. The van der Waals surface area contributed by atoms with E-state index in [0.29, 0.717) is 38.9 Å². The molecule has 20 heavy (non-hydrogen) atoms. The number of nitrogens with zero attached hydrogens (tertiary/aromatic N) is 2. The molecule has 1 N–H and O–H groups in total. The van der Waals surface area contributed by atoms with Crippen LogP contribution in [-0.2, 0) is 14.4 Å². The first-order chi connectivity index (χ1) is 9.39. The van der Waals surface area contributed by atoms with Crippen molar-refractivity contribution in [3.8, 4) is 0 Å². The predicted molar refractivity (Wildman–Crippen MR) is 71.9 cm³/mol. The maximum atomic E-state index is 12.4. The monoisotopic (exact) mass is 282 g/mol. The van der Waals surface area contributed by atoms with Crippen LogP contribution in [0.15, 0.2) is 0 Å². The Hall–Kier alpha value is -1.59. The number of piperidine rings is 1. The minimum atomic E-state index is -0.761. The summed E-state index contributed by atoms with van der Waals surface area (Å²) in [4.78, 5) is 38.5. The second-order valence-corrected chi connectivity index (χ2v) is 5.94. The Labute approximate surface area is 118 Å². The third-order valence-electron chi connectivity index (χ3n) is 4.85. The van der Waals surface area contributed by atoms with E-state index in [4.69, 9.17) is 0 Å². The Morgan fingerprint density at radius 2 is 1.95 bits per heavy atom. The fourth-order valence-corrected chi connectivity index (χ4v) is 3.16. The van der Waals surface area contributed by atoms with E-state index >= 15 is 0 Å². The van der Waals surface area contributed by atoms with Crippen LogP contribution in [0.2, 0.25) is 0 Å². The Morgan fingerprint density at radius 1 is 1.35 bits per heavy atom. The summed E-state index contributed by atoms with van der Waals surface area (Å²) in [5.74, 6) is -1.01. The highest BCUT2D eigenvalue weighted by Crippen LogP contribution is 2.35. The van der Waals surface area contributed by atoms with Crippen LogP contribution in [-0.4, -0.2) is 59.4 Å². The molecule has 1 unspecified atom stereocenters. The number of hydrogen-bond acceptors (Lipinski definition) is 3. The zero-order valence-electron chi connectivity index (χ0n) is 12.1. The molecule has 2 heterocycles. The van der Waals surface area contributed by atoms with Gasteiger partial charge in [0.15, 0.2) is 0 Å². The quantitative estimate of drug-likeness (QED) is 0.821. The summed E-state index contributed by atoms with van der Waals surface area (Å²) in [6, 6.07) is 0. The number of aliphatic carboxylic acids is 1. The number of likely N-dealkylation sites (tertiary alicyclic amines) is 2. The Bertz CT molecular complexity index is 427. The van der Waals surface area contributed by atoms with Gasteiger partial charge in [-0.25, -0.2) is 0 Å². The van der Waals surface area contributed by atoms with E-state index in [2.05, 4.69) is 0 Å². The molecular weight excluding hydrogens is 260 g/mol. The van der Waals surface area contributed by atoms with Gasteiger partial charge in [-0.3, -0.25) is 14.4 Å². The highest BCUT2D eigenvalue weighted by atomic mass is 16.4. The largest absolute Gasteiger partial charge is 0.481 e. The molecule has 0 aromatic rings. The van der Waals surface area contributed by atoms with Crippen LogP contribution in [0.5, 0.6) is 0 Å². The maximum Gasteiger partial charge on any atom is 0.309 e. The van der Waals surface area contributed by atoms with Crippen LogP contribution < -0.4 is 0 Å². The summed E-state index contributed by atoms with van der Waals surface area (Å²) >= 11 is 0. The average molecular weight is 282 g/mol. The molecule has 0 bridgehead atoms. The Morgan fingerprint density at radius 3 is 2.35 bits per heavy atom. The van der Waals surface area contributed by atoms with Gasteiger partial charge in [-0.1, -0.05) is 6.92 Å². The second kappa shape index (κ2) is 5.42. The summed E-state index contributed by atoms with van der Waals surface area (Å²) in [7, 11) is 1.71. The lowest BCUT2D eigenvalue weighted by atomic mass is 9.76. The zero-order valence-corrected chi connectivity index (χ0v) is 12.1. The van der Waals surface area contributed by atoms with Gasteiger partial charge in [-0.15, -0.1) is 0 Å². The third-order valence-corrected chi connectivity index (χ3v) is 4.85. The van der Waals surface area contributed by atoms with Gasteiger partial charge < -0.3 is 14.9 Å². The molecule has 0 spiro atoms. The molecule has 2 aliphatic heterocycles. The molecule has 6 nitrogen and oxygen atoms in total. The Kier molecular flexibility index (Phi) is 4.01. The molecule has 2 fully saturated rings. The van der Waals surface area contributed by atoms with Crippen LogP contribution >= 0.6 is 0 Å². The van der Waals surface area contributed by atoms with Gasteiger partial charge in [-0.05, 0) is 19.3 Å². The SMILES string of the molecule is CCC1(C(=O)O)CCN(C(=O)C2CC(=O)N(C)C2)CC1. The fourth-order valence-electron chi connectivity index (χ4n) is 3.16. The molecule has 1 atom stereocenters. The predicted octanol–water partition coefficient (Wildman–Crippen LogP) is 0.568. The summed E-state index contributed by atoms with van der Waals surface area (Å²) in [5.41, 5.74) is -0.681. The fraction of sp³-hybridized carbons (Fsp3) is 0.786. The number of amides is 2. The molecule has 6 heteroatoms. The first kappa shape index (κ1) is 14.8. The number of carboxylic acid groups (broad SMARTS) is 1. The van der Waals surface area contributed by atoms with Crippen LogP contribution in [0.4, 0.5) is 0 Å². The van der Waals surface area contributed by atoms with Gasteiger partial charge in [0.25, 0.3) is 0 Å². The van der Waals surface area contributed by atoms with Crippen LogP contribution in [0.1, 0.15) is 32.6 Å². The molecule has 0 aromatic heterocycles. The van der Waals surface area contributed by atoms with Crippen molar-refractivity contribution in [3.05, 3.63) is 0 Å². The van der Waals surface area contributed by atoms with Gasteiger partial charge in [0.1, 0.15) is 0 Å². The van der Waals surface area contributed by atoms with Gasteiger partial charge in [0.05, 0.1) is 11.3 Å². The molecule has 2 aliphatic rings. The van der Waals surface area contributed by atoms with Crippen LogP contribution in [0.25, 0.3) is 0 Å². The highest BCUT2D eigenvalue weighted by molar-refractivity contribution is 5.89. The molecular formula is C14H22N2O4. The number of hydrogen-bond donors (Lipinski definition) is 1. The minimum Gasteiger partial charge on any atom is -0.481 e. The molecule has 0 radical (unpaired) electrons. The van der Waals surface area contributed by atoms with E-state index in [9.17, 15) is 19.5 Å². The number of carbonyl (C=O) groups excluding carboxylic acids is 2. The van der Waals surface area contributed by atoms with Gasteiger partial charge in [0.2, 0.25) is 11.8 Å². The van der Waals surface area contributed by atoms with E-state index in [1.807, 2.05) is 6.92 Å². The lowest BCUT2D eigenvalue weighted by Crippen LogP contribution is -2.48. The third kappa shape index (κ3) is 2.51. The number of rotatable bonds is 3. The van der Waals surface area contributed by atoms with E-state index in [0.717, 1.165) is 0 Å². The number of carbonyl (C=O) groups is 3. The molecule has 112 valence electrons. The lowest BCUT2D eigenvalue weighted by molar-refractivity contribution is -0.155. The maximum absolute atomic E-state index is 12.4. The summed E-state index contributed by atoms with van der Waals surface area (Å²) in [6.45, 7) is 3.32.